The summed E-state index contributed by atoms with van der Waals surface area (Å²) in [5, 5.41) is 7.01. The summed E-state index contributed by atoms with van der Waals surface area (Å²) >= 11 is 1.92. The molecule has 0 aliphatic heterocycles. The molecule has 1 fully saturated rings. The molecule has 112 valence electrons. The van der Waals surface area contributed by atoms with Crippen molar-refractivity contribution in [3.63, 3.8) is 0 Å². The van der Waals surface area contributed by atoms with Gasteiger partial charge in [-0.25, -0.2) is 0 Å². The molecule has 19 heavy (non-hydrogen) atoms. The smallest absolute Gasteiger partial charge is 0.191 e. The van der Waals surface area contributed by atoms with E-state index in [9.17, 15) is 0 Å². The van der Waals surface area contributed by atoms with Crippen LogP contribution in [-0.4, -0.2) is 37.6 Å². The van der Waals surface area contributed by atoms with E-state index >= 15 is 0 Å². The van der Waals surface area contributed by atoms with Crippen LogP contribution in [0.25, 0.3) is 0 Å². The Morgan fingerprint density at radius 2 is 1.95 bits per heavy atom. The second kappa shape index (κ2) is 10.4. The maximum absolute atomic E-state index is 4.33. The number of guanidine groups is 1. The maximum atomic E-state index is 4.33. The van der Waals surface area contributed by atoms with Crippen LogP contribution in [0.1, 0.15) is 51.9 Å². The molecular formula is C15H31N3S. The number of aliphatic imine (C=N–C) groups is 1. The SMILES string of the molecule is CCC1CCC(NC(=NC)NCCCCSC)CC1. The number of hydrogen-bond acceptors (Lipinski definition) is 2. The van der Waals surface area contributed by atoms with Gasteiger partial charge in [0.05, 0.1) is 0 Å². The molecule has 0 unspecified atom stereocenters. The van der Waals surface area contributed by atoms with E-state index in [4.69, 9.17) is 0 Å². The molecule has 0 amide bonds. The first-order chi connectivity index (χ1) is 9.30. The van der Waals surface area contributed by atoms with Gasteiger partial charge in [-0.1, -0.05) is 13.3 Å². The summed E-state index contributed by atoms with van der Waals surface area (Å²) in [6.45, 7) is 3.35. The summed E-state index contributed by atoms with van der Waals surface area (Å²) in [4.78, 5) is 4.33. The molecule has 2 N–H and O–H groups in total. The van der Waals surface area contributed by atoms with Crippen molar-refractivity contribution in [2.75, 3.05) is 25.6 Å². The largest absolute Gasteiger partial charge is 0.356 e. The van der Waals surface area contributed by atoms with Gasteiger partial charge >= 0.3 is 0 Å². The van der Waals surface area contributed by atoms with Gasteiger partial charge in [0.15, 0.2) is 5.96 Å². The van der Waals surface area contributed by atoms with E-state index in [0.29, 0.717) is 6.04 Å². The van der Waals surface area contributed by atoms with Crippen molar-refractivity contribution in [1.29, 1.82) is 0 Å². The van der Waals surface area contributed by atoms with Gasteiger partial charge in [-0.2, -0.15) is 11.8 Å². The molecule has 0 aromatic carbocycles. The van der Waals surface area contributed by atoms with Gasteiger partial charge in [-0.15, -0.1) is 0 Å². The normalized spacial score (nSPS) is 24.3. The zero-order valence-electron chi connectivity index (χ0n) is 12.9. The summed E-state index contributed by atoms with van der Waals surface area (Å²) in [5.41, 5.74) is 0. The molecule has 0 saturated heterocycles. The van der Waals surface area contributed by atoms with Crippen LogP contribution >= 0.6 is 11.8 Å². The first-order valence-electron chi connectivity index (χ1n) is 7.76. The van der Waals surface area contributed by atoms with Crippen molar-refractivity contribution in [3.05, 3.63) is 0 Å². The summed E-state index contributed by atoms with van der Waals surface area (Å²) in [6.07, 6.45) is 11.4. The van der Waals surface area contributed by atoms with Crippen molar-refractivity contribution in [3.8, 4) is 0 Å². The zero-order chi connectivity index (χ0) is 13.9. The van der Waals surface area contributed by atoms with Crippen molar-refractivity contribution in [1.82, 2.24) is 10.6 Å². The quantitative estimate of drug-likeness (QED) is 0.428. The molecule has 0 heterocycles. The van der Waals surface area contributed by atoms with Crippen molar-refractivity contribution >= 4 is 17.7 Å². The van der Waals surface area contributed by atoms with Crippen LogP contribution in [0.2, 0.25) is 0 Å². The number of thioether (sulfide) groups is 1. The summed E-state index contributed by atoms with van der Waals surface area (Å²) in [6, 6.07) is 0.625. The van der Waals surface area contributed by atoms with Gasteiger partial charge in [0, 0.05) is 19.6 Å². The topological polar surface area (TPSA) is 36.4 Å². The summed E-state index contributed by atoms with van der Waals surface area (Å²) < 4.78 is 0. The Kier molecular flexibility index (Phi) is 9.14. The molecule has 1 rings (SSSR count). The van der Waals surface area contributed by atoms with Crippen LogP contribution < -0.4 is 10.6 Å². The number of hydrogen-bond donors (Lipinski definition) is 2. The van der Waals surface area contributed by atoms with E-state index in [2.05, 4.69) is 28.8 Å². The van der Waals surface area contributed by atoms with Crippen LogP contribution in [0.4, 0.5) is 0 Å². The van der Waals surface area contributed by atoms with E-state index < -0.39 is 0 Å². The Balaban J connectivity index is 2.15. The van der Waals surface area contributed by atoms with Crippen molar-refractivity contribution in [2.45, 2.75) is 57.9 Å². The average Bonchev–Trinajstić information content (AvgIpc) is 2.46. The molecule has 0 atom stereocenters. The average molecular weight is 286 g/mol. The molecule has 0 spiro atoms. The highest BCUT2D eigenvalue weighted by molar-refractivity contribution is 7.98. The lowest BCUT2D eigenvalue weighted by atomic mass is 9.84. The Labute approximate surface area is 123 Å². The molecule has 1 aliphatic rings. The lowest BCUT2D eigenvalue weighted by Gasteiger charge is -2.29. The van der Waals surface area contributed by atoms with Gasteiger partial charge in [0.1, 0.15) is 0 Å². The molecular weight excluding hydrogens is 254 g/mol. The van der Waals surface area contributed by atoms with E-state index in [1.165, 1.54) is 50.7 Å². The minimum Gasteiger partial charge on any atom is -0.356 e. The van der Waals surface area contributed by atoms with E-state index in [1.807, 2.05) is 18.8 Å². The number of rotatable bonds is 7. The second-order valence-corrected chi connectivity index (χ2v) is 6.45. The predicted molar refractivity (Wildman–Crippen MR) is 88.2 cm³/mol. The molecule has 0 aromatic rings. The third-order valence-electron chi connectivity index (χ3n) is 4.06. The molecule has 0 aromatic heterocycles. The standard InChI is InChI=1S/C15H31N3S/c1-4-13-7-9-14(10-8-13)18-15(16-2)17-11-5-6-12-19-3/h13-14H,4-12H2,1-3H3,(H2,16,17,18). The Morgan fingerprint density at radius 3 is 2.53 bits per heavy atom. The van der Waals surface area contributed by atoms with Crippen molar-refractivity contribution < 1.29 is 0 Å². The lowest BCUT2D eigenvalue weighted by Crippen LogP contribution is -2.45. The summed E-state index contributed by atoms with van der Waals surface area (Å²) in [7, 11) is 1.87. The highest BCUT2D eigenvalue weighted by atomic mass is 32.2. The van der Waals surface area contributed by atoms with Gasteiger partial charge < -0.3 is 10.6 Å². The van der Waals surface area contributed by atoms with E-state index in [1.54, 1.807) is 0 Å². The Hall–Kier alpha value is -0.380. The molecule has 4 heteroatoms. The molecule has 0 bridgehead atoms. The molecule has 3 nitrogen and oxygen atoms in total. The monoisotopic (exact) mass is 285 g/mol. The van der Waals surface area contributed by atoms with Crippen LogP contribution in [0.5, 0.6) is 0 Å². The Morgan fingerprint density at radius 1 is 1.21 bits per heavy atom. The first-order valence-corrected chi connectivity index (χ1v) is 9.15. The minimum absolute atomic E-state index is 0.625. The second-order valence-electron chi connectivity index (χ2n) is 5.47. The first kappa shape index (κ1) is 16.7. The van der Waals surface area contributed by atoms with Crippen LogP contribution in [0, 0.1) is 5.92 Å². The Bertz CT molecular complexity index is 248. The highest BCUT2D eigenvalue weighted by Crippen LogP contribution is 2.26. The van der Waals surface area contributed by atoms with E-state index in [-0.39, 0.29) is 0 Å². The predicted octanol–water partition coefficient (Wildman–Crippen LogP) is 3.26. The lowest BCUT2D eigenvalue weighted by molar-refractivity contribution is 0.304. The maximum Gasteiger partial charge on any atom is 0.191 e. The number of nitrogens with one attached hydrogen (secondary N) is 2. The molecule has 0 radical (unpaired) electrons. The third-order valence-corrected chi connectivity index (χ3v) is 4.75. The van der Waals surface area contributed by atoms with Gasteiger partial charge in [0.2, 0.25) is 0 Å². The van der Waals surface area contributed by atoms with Gasteiger partial charge in [0.25, 0.3) is 0 Å². The third kappa shape index (κ3) is 7.09. The highest BCUT2D eigenvalue weighted by Gasteiger charge is 2.20. The fraction of sp³-hybridized carbons (Fsp3) is 0.933. The van der Waals surface area contributed by atoms with Crippen LogP contribution in [-0.2, 0) is 0 Å². The molecule has 1 saturated carbocycles. The van der Waals surface area contributed by atoms with Crippen LogP contribution in [0.15, 0.2) is 4.99 Å². The minimum atomic E-state index is 0.625. The number of unbranched alkanes of at least 4 members (excludes halogenated alkanes) is 1. The van der Waals surface area contributed by atoms with Gasteiger partial charge in [-0.05, 0) is 56.5 Å². The van der Waals surface area contributed by atoms with Crippen molar-refractivity contribution in [2.24, 2.45) is 10.9 Å². The zero-order valence-corrected chi connectivity index (χ0v) is 13.7. The fourth-order valence-electron chi connectivity index (χ4n) is 2.68. The number of nitrogens with zero attached hydrogens (tertiary/aromatic N) is 1. The van der Waals surface area contributed by atoms with Gasteiger partial charge in [-0.3, -0.25) is 4.99 Å². The summed E-state index contributed by atoms with van der Waals surface area (Å²) in [5.74, 6) is 3.21. The van der Waals surface area contributed by atoms with E-state index in [0.717, 1.165) is 18.4 Å². The fourth-order valence-corrected chi connectivity index (χ4v) is 3.17. The van der Waals surface area contributed by atoms with Crippen LogP contribution in [0.3, 0.4) is 0 Å². The molecule has 1 aliphatic carbocycles.